The van der Waals surface area contributed by atoms with Crippen LogP contribution in [-0.4, -0.2) is 16.5 Å². The topological polar surface area (TPSA) is 61.0 Å². The zero-order valence-electron chi connectivity index (χ0n) is 9.44. The van der Waals surface area contributed by atoms with Crippen molar-refractivity contribution in [3.63, 3.8) is 0 Å². The van der Waals surface area contributed by atoms with Crippen LogP contribution < -0.4 is 10.5 Å². The number of rotatable bonds is 4. The molecule has 0 spiro atoms. The van der Waals surface area contributed by atoms with Crippen molar-refractivity contribution in [2.75, 3.05) is 6.54 Å². The van der Waals surface area contributed by atoms with E-state index >= 15 is 0 Å². The van der Waals surface area contributed by atoms with Gasteiger partial charge in [-0.15, -0.1) is 0 Å². The summed E-state index contributed by atoms with van der Waals surface area (Å²) in [7, 11) is 0. The minimum Gasteiger partial charge on any atom is -0.424 e. The molecule has 0 fully saturated rings. The van der Waals surface area contributed by atoms with E-state index < -0.39 is 0 Å². The molecule has 1 aromatic heterocycles. The molecule has 6 heteroatoms. The number of hydrogen-bond donors (Lipinski definition) is 1. The Balaban J connectivity index is 2.13. The van der Waals surface area contributed by atoms with Gasteiger partial charge in [-0.25, -0.2) is 9.97 Å². The molecule has 94 valence electrons. The highest BCUT2D eigenvalue weighted by molar-refractivity contribution is 6.34. The maximum atomic E-state index is 5.86. The van der Waals surface area contributed by atoms with E-state index in [0.717, 1.165) is 12.0 Å². The van der Waals surface area contributed by atoms with E-state index in [9.17, 15) is 0 Å². The summed E-state index contributed by atoms with van der Waals surface area (Å²) in [4.78, 5) is 8.15. The predicted molar refractivity (Wildman–Crippen MR) is 71.3 cm³/mol. The molecule has 0 radical (unpaired) electrons. The monoisotopic (exact) mass is 283 g/mol. The van der Waals surface area contributed by atoms with Crippen LogP contribution in [0.1, 0.15) is 5.56 Å². The molecule has 0 saturated carbocycles. The second kappa shape index (κ2) is 6.00. The van der Waals surface area contributed by atoms with Crippen molar-refractivity contribution in [2.45, 2.75) is 6.42 Å². The smallest absolute Gasteiger partial charge is 0.321 e. The first-order valence-corrected chi connectivity index (χ1v) is 6.08. The van der Waals surface area contributed by atoms with Gasteiger partial charge in [0.15, 0.2) is 0 Å². The molecular formula is C12H11Cl2N3O. The second-order valence-corrected chi connectivity index (χ2v) is 4.49. The summed E-state index contributed by atoms with van der Waals surface area (Å²) in [6, 6.07) is 5.16. The summed E-state index contributed by atoms with van der Waals surface area (Å²) in [5, 5.41) is 0.995. The lowest BCUT2D eigenvalue weighted by Gasteiger charge is -2.05. The van der Waals surface area contributed by atoms with Crippen molar-refractivity contribution in [3.8, 4) is 11.8 Å². The number of hydrogen-bond acceptors (Lipinski definition) is 4. The van der Waals surface area contributed by atoms with Gasteiger partial charge in [0, 0.05) is 22.4 Å². The maximum Gasteiger partial charge on any atom is 0.321 e. The Morgan fingerprint density at radius 1 is 1.06 bits per heavy atom. The quantitative estimate of drug-likeness (QED) is 0.937. The molecule has 0 atom stereocenters. The van der Waals surface area contributed by atoms with Crippen LogP contribution in [0.3, 0.4) is 0 Å². The number of halogens is 2. The Hall–Kier alpha value is -1.36. The largest absolute Gasteiger partial charge is 0.424 e. The van der Waals surface area contributed by atoms with Crippen LogP contribution in [0.2, 0.25) is 10.0 Å². The fourth-order valence-corrected chi connectivity index (χ4v) is 1.89. The minimum absolute atomic E-state index is 0.245. The molecule has 0 bridgehead atoms. The van der Waals surface area contributed by atoms with Gasteiger partial charge < -0.3 is 10.5 Å². The van der Waals surface area contributed by atoms with Gasteiger partial charge in [-0.2, -0.15) is 0 Å². The summed E-state index contributed by atoms with van der Waals surface area (Å²) in [5.74, 6) is 0.499. The zero-order chi connectivity index (χ0) is 13.0. The number of aromatic nitrogens is 2. The molecule has 2 rings (SSSR count). The van der Waals surface area contributed by atoms with E-state index in [1.54, 1.807) is 30.6 Å². The third kappa shape index (κ3) is 3.57. The van der Waals surface area contributed by atoms with E-state index in [1.165, 1.54) is 0 Å². The van der Waals surface area contributed by atoms with Gasteiger partial charge in [0.05, 0.1) is 0 Å². The summed E-state index contributed by atoms with van der Waals surface area (Å²) in [5.41, 5.74) is 6.41. The third-order valence-electron chi connectivity index (χ3n) is 2.16. The van der Waals surface area contributed by atoms with Crippen molar-refractivity contribution in [2.24, 2.45) is 5.73 Å². The highest BCUT2D eigenvalue weighted by Crippen LogP contribution is 2.26. The zero-order valence-corrected chi connectivity index (χ0v) is 10.9. The van der Waals surface area contributed by atoms with Gasteiger partial charge >= 0.3 is 6.01 Å². The van der Waals surface area contributed by atoms with Gasteiger partial charge in [-0.1, -0.05) is 23.2 Å². The number of nitrogens with zero attached hydrogens (tertiary/aromatic N) is 2. The highest BCUT2D eigenvalue weighted by Gasteiger charge is 2.03. The number of nitrogens with two attached hydrogens (primary N) is 1. The Bertz CT molecular complexity index is 511. The van der Waals surface area contributed by atoms with Crippen molar-refractivity contribution in [1.29, 1.82) is 0 Å². The molecule has 0 saturated heterocycles. The van der Waals surface area contributed by atoms with Gasteiger partial charge in [0.1, 0.15) is 5.75 Å². The normalized spacial score (nSPS) is 10.4. The maximum absolute atomic E-state index is 5.86. The van der Waals surface area contributed by atoms with Gasteiger partial charge in [-0.3, -0.25) is 0 Å². The molecule has 18 heavy (non-hydrogen) atoms. The molecule has 2 N–H and O–H groups in total. The van der Waals surface area contributed by atoms with Gasteiger partial charge in [0.2, 0.25) is 0 Å². The standard InChI is InChI=1S/C12H11Cl2N3O/c13-9-3-10(14)5-11(4-9)18-12-16-6-8(1-2-15)7-17-12/h3-7H,1-2,15H2. The summed E-state index contributed by atoms with van der Waals surface area (Å²) >= 11 is 11.7. The Labute approximate surface area is 115 Å². The SMILES string of the molecule is NCCc1cnc(Oc2cc(Cl)cc(Cl)c2)nc1. The van der Waals surface area contributed by atoms with Crippen LogP contribution in [0.4, 0.5) is 0 Å². The molecule has 2 aromatic rings. The summed E-state index contributed by atoms with van der Waals surface area (Å²) in [6.45, 7) is 0.563. The van der Waals surface area contributed by atoms with E-state index in [0.29, 0.717) is 22.3 Å². The molecule has 0 aliphatic carbocycles. The summed E-state index contributed by atoms with van der Waals surface area (Å²) < 4.78 is 5.45. The Kier molecular flexibility index (Phi) is 4.36. The van der Waals surface area contributed by atoms with Crippen molar-refractivity contribution < 1.29 is 4.74 Å². The number of ether oxygens (including phenoxy) is 1. The third-order valence-corrected chi connectivity index (χ3v) is 2.60. The van der Waals surface area contributed by atoms with Gasteiger partial charge in [0.25, 0.3) is 0 Å². The van der Waals surface area contributed by atoms with Gasteiger partial charge in [-0.05, 0) is 36.7 Å². The van der Waals surface area contributed by atoms with Crippen molar-refractivity contribution in [1.82, 2.24) is 9.97 Å². The average molecular weight is 284 g/mol. The van der Waals surface area contributed by atoms with E-state index in [2.05, 4.69) is 9.97 Å². The van der Waals surface area contributed by atoms with Crippen LogP contribution in [0.5, 0.6) is 11.8 Å². The van der Waals surface area contributed by atoms with Crippen LogP contribution in [0, 0.1) is 0 Å². The first-order chi connectivity index (χ1) is 8.67. The fraction of sp³-hybridized carbons (Fsp3) is 0.167. The second-order valence-electron chi connectivity index (χ2n) is 3.62. The first kappa shape index (κ1) is 13.1. The minimum atomic E-state index is 0.245. The molecular weight excluding hydrogens is 273 g/mol. The van der Waals surface area contributed by atoms with Crippen LogP contribution in [0.25, 0.3) is 0 Å². The van der Waals surface area contributed by atoms with E-state index in [1.807, 2.05) is 0 Å². The molecule has 4 nitrogen and oxygen atoms in total. The Morgan fingerprint density at radius 3 is 2.22 bits per heavy atom. The molecule has 1 aromatic carbocycles. The highest BCUT2D eigenvalue weighted by atomic mass is 35.5. The lowest BCUT2D eigenvalue weighted by atomic mass is 10.2. The molecule has 0 aliphatic rings. The molecule has 1 heterocycles. The average Bonchev–Trinajstić information content (AvgIpc) is 2.31. The molecule has 0 unspecified atom stereocenters. The molecule has 0 amide bonds. The van der Waals surface area contributed by atoms with E-state index in [-0.39, 0.29) is 6.01 Å². The van der Waals surface area contributed by atoms with E-state index in [4.69, 9.17) is 33.7 Å². The van der Waals surface area contributed by atoms with Crippen LogP contribution in [0.15, 0.2) is 30.6 Å². The first-order valence-electron chi connectivity index (χ1n) is 5.32. The number of benzene rings is 1. The lowest BCUT2D eigenvalue weighted by molar-refractivity contribution is 0.441. The van der Waals surface area contributed by atoms with Crippen molar-refractivity contribution >= 4 is 23.2 Å². The Morgan fingerprint density at radius 2 is 1.67 bits per heavy atom. The van der Waals surface area contributed by atoms with Crippen molar-refractivity contribution in [3.05, 3.63) is 46.2 Å². The lowest BCUT2D eigenvalue weighted by Crippen LogP contribution is -2.03. The summed E-state index contributed by atoms with van der Waals surface area (Å²) in [6.07, 6.45) is 4.10. The fourth-order valence-electron chi connectivity index (χ4n) is 1.38. The molecule has 0 aliphatic heterocycles. The van der Waals surface area contributed by atoms with Crippen LogP contribution in [-0.2, 0) is 6.42 Å². The van der Waals surface area contributed by atoms with Crippen LogP contribution >= 0.6 is 23.2 Å². The predicted octanol–water partition coefficient (Wildman–Crippen LogP) is 3.08.